The molecule has 0 aromatic heterocycles. The Morgan fingerprint density at radius 1 is 1.39 bits per heavy atom. The minimum Gasteiger partial charge on any atom is -0.477 e. The Labute approximate surface area is 195 Å². The maximum atomic E-state index is 12.8. The van der Waals surface area contributed by atoms with E-state index in [1.54, 1.807) is 0 Å². The van der Waals surface area contributed by atoms with Crippen LogP contribution < -0.4 is 16.4 Å². The summed E-state index contributed by atoms with van der Waals surface area (Å²) in [5.74, 6) is -4.04. The molecule has 0 aromatic carbocycles. The normalized spacial score (nSPS) is 35.2. The largest absolute Gasteiger partial charge is 0.477 e. The van der Waals surface area contributed by atoms with Gasteiger partial charge in [-0.15, -0.1) is 11.8 Å². The average Bonchev–Trinajstić information content (AvgIpc) is 3.41. The first-order chi connectivity index (χ1) is 15.6. The number of nitrogens with one attached hydrogen (secondary N) is 2. The highest BCUT2D eigenvalue weighted by Crippen LogP contribution is 2.51. The van der Waals surface area contributed by atoms with Crippen molar-refractivity contribution >= 4 is 29.5 Å². The number of hydrogen-bond acceptors (Lipinski definition) is 7. The van der Waals surface area contributed by atoms with Crippen molar-refractivity contribution < 1.29 is 28.3 Å². The van der Waals surface area contributed by atoms with E-state index in [0.29, 0.717) is 10.9 Å². The van der Waals surface area contributed by atoms with E-state index in [-0.39, 0.29) is 22.9 Å². The van der Waals surface area contributed by atoms with Crippen molar-refractivity contribution in [1.82, 2.24) is 20.4 Å². The Hall–Kier alpha value is -1.76. The van der Waals surface area contributed by atoms with Gasteiger partial charge in [0.1, 0.15) is 5.70 Å². The van der Waals surface area contributed by atoms with Crippen molar-refractivity contribution in [3.8, 4) is 0 Å². The molecule has 0 aliphatic carbocycles. The summed E-state index contributed by atoms with van der Waals surface area (Å²) in [6.07, 6.45) is -1.29. The van der Waals surface area contributed by atoms with Gasteiger partial charge in [-0.1, -0.05) is 6.92 Å². The molecule has 3 fully saturated rings. The fraction of sp³-hybridized carbons (Fsp3) is 0.762. The summed E-state index contributed by atoms with van der Waals surface area (Å²) in [5.41, 5.74) is 5.98. The number of alkyl halides is 2. The zero-order valence-electron chi connectivity index (χ0n) is 18.7. The highest BCUT2D eigenvalue weighted by molar-refractivity contribution is 8.03. The van der Waals surface area contributed by atoms with Gasteiger partial charge in [-0.2, -0.15) is 8.78 Å². The van der Waals surface area contributed by atoms with E-state index in [1.165, 1.54) is 23.6 Å². The Morgan fingerprint density at radius 3 is 2.73 bits per heavy atom. The third-order valence-corrected chi connectivity index (χ3v) is 8.67. The van der Waals surface area contributed by atoms with Crippen molar-refractivity contribution in [1.29, 1.82) is 0 Å². The minimum absolute atomic E-state index is 0.0138. The average molecular weight is 488 g/mol. The molecule has 5 N–H and O–H groups in total. The molecule has 4 aliphatic heterocycles. The molecular formula is C21H31F2N5O4S. The van der Waals surface area contributed by atoms with Crippen LogP contribution in [-0.2, 0) is 14.4 Å². The molecule has 4 rings (SSSR count). The molecule has 0 unspecified atom stereocenters. The fourth-order valence-electron chi connectivity index (χ4n) is 5.60. The smallest absolute Gasteiger partial charge is 0.353 e. The van der Waals surface area contributed by atoms with Crippen molar-refractivity contribution in [3.05, 3.63) is 10.6 Å². The van der Waals surface area contributed by atoms with Gasteiger partial charge in [0.2, 0.25) is 5.91 Å². The third-order valence-electron chi connectivity index (χ3n) is 7.16. The lowest BCUT2D eigenvalue weighted by Crippen LogP contribution is -2.66. The van der Waals surface area contributed by atoms with Crippen LogP contribution in [0.25, 0.3) is 0 Å². The van der Waals surface area contributed by atoms with Crippen molar-refractivity contribution in [2.75, 3.05) is 26.2 Å². The van der Waals surface area contributed by atoms with E-state index >= 15 is 0 Å². The summed E-state index contributed by atoms with van der Waals surface area (Å²) in [7, 11) is 0. The van der Waals surface area contributed by atoms with Gasteiger partial charge < -0.3 is 31.3 Å². The summed E-state index contributed by atoms with van der Waals surface area (Å²) in [5, 5.41) is 15.7. The maximum absolute atomic E-state index is 12.8. The van der Waals surface area contributed by atoms with E-state index in [9.17, 15) is 28.3 Å². The van der Waals surface area contributed by atoms with Gasteiger partial charge in [0.25, 0.3) is 5.91 Å². The molecule has 0 radical (unpaired) electrons. The number of halogens is 2. The molecule has 0 saturated carbocycles. The second-order valence-electron chi connectivity index (χ2n) is 9.52. The Bertz CT molecular complexity index is 859. The monoisotopic (exact) mass is 487 g/mol. The number of amides is 2. The second kappa shape index (κ2) is 9.47. The number of aliphatic carboxylic acids is 1. The number of likely N-dealkylation sites (tertiary alicyclic amines) is 1. The number of thioether (sulfide) groups is 1. The molecular weight excluding hydrogens is 456 g/mol. The van der Waals surface area contributed by atoms with Crippen LogP contribution in [-0.4, -0.2) is 94.7 Å². The molecule has 0 aromatic rings. The molecule has 4 heterocycles. The molecule has 12 heteroatoms. The van der Waals surface area contributed by atoms with Crippen LogP contribution in [0, 0.1) is 11.8 Å². The maximum Gasteiger partial charge on any atom is 0.353 e. The number of nitrogens with zero attached hydrogens (tertiary/aromatic N) is 2. The predicted molar refractivity (Wildman–Crippen MR) is 118 cm³/mol. The Kier molecular flexibility index (Phi) is 7.00. The number of hydrogen-bond donors (Lipinski definition) is 4. The highest BCUT2D eigenvalue weighted by atomic mass is 32.2. The van der Waals surface area contributed by atoms with E-state index in [0.717, 1.165) is 39.0 Å². The van der Waals surface area contributed by atoms with E-state index in [2.05, 4.69) is 15.5 Å². The first-order valence-electron chi connectivity index (χ1n) is 11.4. The zero-order valence-corrected chi connectivity index (χ0v) is 19.5. The van der Waals surface area contributed by atoms with Crippen LogP contribution in [0.5, 0.6) is 0 Å². The molecule has 33 heavy (non-hydrogen) atoms. The predicted octanol–water partition coefficient (Wildman–Crippen LogP) is 0.0258. The van der Waals surface area contributed by atoms with Crippen LogP contribution in [0.4, 0.5) is 8.78 Å². The lowest BCUT2D eigenvalue weighted by Gasteiger charge is -2.47. The number of carboxylic acid groups (broad SMARTS) is 1. The minimum atomic E-state index is -3.17. The fourth-order valence-corrected chi connectivity index (χ4v) is 7.12. The standard InChI is InChI=1S/C21H31F2N5O4S/c1-9-15-14(10(2)26-19(29)18(22)23)20(30)28(15)16(21(31)32)17(9)33-13-5-12(25-6-13)8-27-4-3-11(24)7-27/h9-15,18,25H,3-8,24H2,1-2H3,(H,26,29)(H,31,32)/t9-,10-,11+,12+,13+,14-,15-/m1/s1. The number of carbonyl (C=O) groups is 3. The summed E-state index contributed by atoms with van der Waals surface area (Å²) < 4.78 is 25.3. The molecule has 184 valence electrons. The van der Waals surface area contributed by atoms with Crippen LogP contribution in [0.15, 0.2) is 10.6 Å². The first kappa shape index (κ1) is 24.4. The molecule has 2 amide bonds. The van der Waals surface area contributed by atoms with Crippen LogP contribution in [0.2, 0.25) is 0 Å². The zero-order chi connectivity index (χ0) is 24.0. The van der Waals surface area contributed by atoms with Gasteiger partial charge in [0.05, 0.1) is 12.0 Å². The molecule has 3 saturated heterocycles. The summed E-state index contributed by atoms with van der Waals surface area (Å²) >= 11 is 1.50. The van der Waals surface area contributed by atoms with Gasteiger partial charge in [0.15, 0.2) is 0 Å². The number of fused-ring (bicyclic) bond motifs is 1. The number of rotatable bonds is 8. The molecule has 0 spiro atoms. The summed E-state index contributed by atoms with van der Waals surface area (Å²) in [6, 6.07) is -0.752. The van der Waals surface area contributed by atoms with Gasteiger partial charge in [-0.3, -0.25) is 9.59 Å². The van der Waals surface area contributed by atoms with Crippen molar-refractivity contribution in [2.45, 2.75) is 62.5 Å². The van der Waals surface area contributed by atoms with E-state index in [4.69, 9.17) is 5.73 Å². The van der Waals surface area contributed by atoms with Crippen molar-refractivity contribution in [2.24, 2.45) is 17.6 Å². The second-order valence-corrected chi connectivity index (χ2v) is 10.9. The lowest BCUT2D eigenvalue weighted by molar-refractivity contribution is -0.159. The molecule has 9 nitrogen and oxygen atoms in total. The quantitative estimate of drug-likeness (QED) is 0.353. The SMILES string of the molecule is C[C@@H](NC(=O)C(F)F)[C@H]1C(=O)N2C(C(=O)O)=C(S[C@@H]3CN[C@H](CN4CC[C@H](N)C4)C3)[C@H](C)[C@H]12. The van der Waals surface area contributed by atoms with E-state index in [1.807, 2.05) is 6.92 Å². The topological polar surface area (TPSA) is 128 Å². The van der Waals surface area contributed by atoms with Gasteiger partial charge in [-0.05, 0) is 26.3 Å². The van der Waals surface area contributed by atoms with Gasteiger partial charge in [-0.25, -0.2) is 4.79 Å². The summed E-state index contributed by atoms with van der Waals surface area (Å²) in [4.78, 5) is 40.5. The Balaban J connectivity index is 1.42. The van der Waals surface area contributed by atoms with Crippen molar-refractivity contribution in [3.63, 3.8) is 0 Å². The number of carboxylic acids is 1. The number of β-lactam (4-membered cyclic amide) rings is 1. The Morgan fingerprint density at radius 2 is 2.12 bits per heavy atom. The lowest BCUT2D eigenvalue weighted by atomic mass is 9.78. The van der Waals surface area contributed by atoms with Crippen LogP contribution in [0.3, 0.4) is 0 Å². The van der Waals surface area contributed by atoms with Gasteiger partial charge in [0, 0.05) is 53.8 Å². The molecule has 0 bridgehead atoms. The van der Waals surface area contributed by atoms with Crippen LogP contribution >= 0.6 is 11.8 Å². The number of nitrogens with two attached hydrogens (primary N) is 1. The highest BCUT2D eigenvalue weighted by Gasteiger charge is 2.60. The van der Waals surface area contributed by atoms with Crippen LogP contribution in [0.1, 0.15) is 26.7 Å². The first-order valence-corrected chi connectivity index (χ1v) is 12.2. The van der Waals surface area contributed by atoms with E-state index < -0.39 is 42.2 Å². The third kappa shape index (κ3) is 4.62. The molecule has 4 aliphatic rings. The van der Waals surface area contributed by atoms with Gasteiger partial charge >= 0.3 is 12.4 Å². The number of carbonyl (C=O) groups excluding carboxylic acids is 2. The summed E-state index contributed by atoms with van der Waals surface area (Å²) in [6.45, 7) is 6.89. The molecule has 7 atom stereocenters.